The van der Waals surface area contributed by atoms with Gasteiger partial charge in [-0.1, -0.05) is 71.9 Å². The molecule has 0 radical (unpaired) electrons. The van der Waals surface area contributed by atoms with E-state index in [0.29, 0.717) is 6.54 Å². The number of rotatable bonds is 5. The lowest BCUT2D eigenvalue weighted by Gasteiger charge is -2.34. The van der Waals surface area contributed by atoms with Crippen LogP contribution in [-0.2, 0) is 11.2 Å². The first-order chi connectivity index (χ1) is 9.59. The summed E-state index contributed by atoms with van der Waals surface area (Å²) in [6.07, 6.45) is 1.80. The van der Waals surface area contributed by atoms with Gasteiger partial charge >= 0.3 is 0 Å². The fourth-order valence-corrected chi connectivity index (χ4v) is 2.50. The van der Waals surface area contributed by atoms with Gasteiger partial charge in [-0.05, 0) is 29.2 Å². The summed E-state index contributed by atoms with van der Waals surface area (Å²) in [7, 11) is 0. The van der Waals surface area contributed by atoms with E-state index in [1.54, 1.807) is 0 Å². The highest BCUT2D eigenvalue weighted by atomic mass is 16.1. The Morgan fingerprint density at radius 3 is 2.10 bits per heavy atom. The molecule has 0 spiro atoms. The fourth-order valence-electron chi connectivity index (χ4n) is 2.50. The molecule has 0 heterocycles. The summed E-state index contributed by atoms with van der Waals surface area (Å²) < 4.78 is 0. The lowest BCUT2D eigenvalue weighted by Crippen LogP contribution is -2.40. The molecule has 1 N–H and O–H groups in total. The second kappa shape index (κ2) is 7.11. The van der Waals surface area contributed by atoms with Crippen LogP contribution in [0.25, 0.3) is 0 Å². The molecule has 2 nitrogen and oxygen atoms in total. The van der Waals surface area contributed by atoms with E-state index in [4.69, 9.17) is 0 Å². The van der Waals surface area contributed by atoms with Crippen molar-refractivity contribution in [1.82, 2.24) is 5.32 Å². The number of benzene rings is 1. The molecule has 1 unspecified atom stereocenters. The van der Waals surface area contributed by atoms with E-state index < -0.39 is 0 Å². The van der Waals surface area contributed by atoms with Gasteiger partial charge in [0.1, 0.15) is 0 Å². The molecular weight excluding hydrogens is 258 g/mol. The lowest BCUT2D eigenvalue weighted by atomic mass is 9.71. The van der Waals surface area contributed by atoms with Gasteiger partial charge in [0.2, 0.25) is 5.91 Å². The summed E-state index contributed by atoms with van der Waals surface area (Å²) in [4.78, 5) is 12.5. The quantitative estimate of drug-likeness (QED) is 0.853. The predicted octanol–water partition coefficient (Wildman–Crippen LogP) is 4.44. The summed E-state index contributed by atoms with van der Waals surface area (Å²) in [5, 5.41) is 3.12. The molecule has 0 fully saturated rings. The fraction of sp³-hybridized carbons (Fsp3) is 0.632. The van der Waals surface area contributed by atoms with Crippen molar-refractivity contribution in [2.75, 3.05) is 6.54 Å². The average Bonchev–Trinajstić information content (AvgIpc) is 2.35. The Morgan fingerprint density at radius 2 is 1.62 bits per heavy atom. The Labute approximate surface area is 130 Å². The molecule has 0 bridgehead atoms. The van der Waals surface area contributed by atoms with E-state index in [2.05, 4.69) is 59.0 Å². The van der Waals surface area contributed by atoms with Crippen molar-refractivity contribution in [1.29, 1.82) is 0 Å². The Balaban J connectivity index is 2.57. The lowest BCUT2D eigenvalue weighted by molar-refractivity contribution is -0.129. The number of carbonyl (C=O) groups excluding carboxylic acids is 1. The first-order valence-electron chi connectivity index (χ1n) is 7.91. The molecule has 0 aromatic heterocycles. The SMILES string of the molecule is CC(C)(C)CC(C(=O)NCCc1ccccc1)C(C)(C)C. The molecule has 0 aliphatic heterocycles. The van der Waals surface area contributed by atoms with Crippen molar-refractivity contribution in [3.8, 4) is 0 Å². The molecule has 118 valence electrons. The molecule has 21 heavy (non-hydrogen) atoms. The molecule has 0 saturated carbocycles. The maximum absolute atomic E-state index is 12.5. The Hall–Kier alpha value is -1.31. The van der Waals surface area contributed by atoms with E-state index in [1.807, 2.05) is 18.2 Å². The van der Waals surface area contributed by atoms with Crippen LogP contribution in [0.2, 0.25) is 0 Å². The molecule has 1 aromatic carbocycles. The normalized spacial score (nSPS) is 13.8. The third kappa shape index (κ3) is 6.79. The van der Waals surface area contributed by atoms with Gasteiger partial charge in [-0.2, -0.15) is 0 Å². The number of hydrogen-bond acceptors (Lipinski definition) is 1. The number of amides is 1. The molecular formula is C19H31NO. The van der Waals surface area contributed by atoms with E-state index in [0.717, 1.165) is 12.8 Å². The zero-order valence-corrected chi connectivity index (χ0v) is 14.5. The van der Waals surface area contributed by atoms with Crippen molar-refractivity contribution in [3.63, 3.8) is 0 Å². The minimum absolute atomic E-state index is 0.00981. The van der Waals surface area contributed by atoms with Gasteiger partial charge in [0.05, 0.1) is 0 Å². The summed E-state index contributed by atoms with van der Waals surface area (Å²) in [6, 6.07) is 10.3. The maximum atomic E-state index is 12.5. The van der Waals surface area contributed by atoms with Crippen molar-refractivity contribution in [3.05, 3.63) is 35.9 Å². The minimum atomic E-state index is -0.00981. The van der Waals surface area contributed by atoms with Crippen LogP contribution in [0.1, 0.15) is 53.5 Å². The molecule has 1 atom stereocenters. The number of hydrogen-bond donors (Lipinski definition) is 1. The zero-order valence-electron chi connectivity index (χ0n) is 14.5. The van der Waals surface area contributed by atoms with E-state index in [-0.39, 0.29) is 22.7 Å². The van der Waals surface area contributed by atoms with Crippen LogP contribution in [0.3, 0.4) is 0 Å². The van der Waals surface area contributed by atoms with Crippen LogP contribution in [0.5, 0.6) is 0 Å². The Bertz CT molecular complexity index is 437. The molecule has 1 rings (SSSR count). The van der Waals surface area contributed by atoms with Crippen molar-refractivity contribution < 1.29 is 4.79 Å². The van der Waals surface area contributed by atoms with Crippen molar-refractivity contribution in [2.24, 2.45) is 16.7 Å². The van der Waals surface area contributed by atoms with Gasteiger partial charge in [0, 0.05) is 12.5 Å². The second-order valence-corrected chi connectivity index (χ2v) is 8.21. The van der Waals surface area contributed by atoms with E-state index in [9.17, 15) is 4.79 Å². The Kier molecular flexibility index (Phi) is 6.00. The maximum Gasteiger partial charge on any atom is 0.223 e. The van der Waals surface area contributed by atoms with Crippen LogP contribution in [-0.4, -0.2) is 12.5 Å². The molecule has 1 aromatic rings. The minimum Gasteiger partial charge on any atom is -0.356 e. The van der Waals surface area contributed by atoms with E-state index >= 15 is 0 Å². The van der Waals surface area contributed by atoms with Crippen LogP contribution in [0.15, 0.2) is 30.3 Å². The van der Waals surface area contributed by atoms with Crippen LogP contribution in [0, 0.1) is 16.7 Å². The predicted molar refractivity (Wildman–Crippen MR) is 90.2 cm³/mol. The largest absolute Gasteiger partial charge is 0.356 e. The summed E-state index contributed by atoms with van der Waals surface area (Å²) in [6.45, 7) is 13.8. The highest BCUT2D eigenvalue weighted by Gasteiger charge is 2.34. The molecule has 0 saturated heterocycles. The summed E-state index contributed by atoms with van der Waals surface area (Å²) in [5.74, 6) is 0.238. The standard InChI is InChI=1S/C19H31NO/c1-18(2,3)14-16(19(4,5)6)17(21)20-13-12-15-10-8-7-9-11-15/h7-11,16H,12-14H2,1-6H3,(H,20,21). The third-order valence-electron chi connectivity index (χ3n) is 3.73. The van der Waals surface area contributed by atoms with Gasteiger partial charge < -0.3 is 5.32 Å². The smallest absolute Gasteiger partial charge is 0.223 e. The van der Waals surface area contributed by atoms with Crippen LogP contribution < -0.4 is 5.32 Å². The molecule has 2 heteroatoms. The van der Waals surface area contributed by atoms with Gasteiger partial charge in [0.15, 0.2) is 0 Å². The number of nitrogens with one attached hydrogen (secondary N) is 1. The van der Waals surface area contributed by atoms with Gasteiger partial charge in [0.25, 0.3) is 0 Å². The van der Waals surface area contributed by atoms with Crippen molar-refractivity contribution >= 4 is 5.91 Å². The Morgan fingerprint density at radius 1 is 1.05 bits per heavy atom. The third-order valence-corrected chi connectivity index (χ3v) is 3.73. The highest BCUT2D eigenvalue weighted by molar-refractivity contribution is 5.79. The van der Waals surface area contributed by atoms with E-state index in [1.165, 1.54) is 5.56 Å². The first-order valence-corrected chi connectivity index (χ1v) is 7.91. The molecule has 0 aliphatic carbocycles. The topological polar surface area (TPSA) is 29.1 Å². The summed E-state index contributed by atoms with van der Waals surface area (Å²) >= 11 is 0. The van der Waals surface area contributed by atoms with Crippen molar-refractivity contribution in [2.45, 2.75) is 54.4 Å². The van der Waals surface area contributed by atoms with Crippen LogP contribution in [0.4, 0.5) is 0 Å². The van der Waals surface area contributed by atoms with Gasteiger partial charge in [-0.25, -0.2) is 0 Å². The second-order valence-electron chi connectivity index (χ2n) is 8.21. The summed E-state index contributed by atoms with van der Waals surface area (Å²) in [5.41, 5.74) is 1.42. The monoisotopic (exact) mass is 289 g/mol. The van der Waals surface area contributed by atoms with Gasteiger partial charge in [-0.15, -0.1) is 0 Å². The highest BCUT2D eigenvalue weighted by Crippen LogP contribution is 2.36. The molecule has 0 aliphatic rings. The molecule has 1 amide bonds. The zero-order chi connectivity index (χ0) is 16.1. The van der Waals surface area contributed by atoms with Crippen LogP contribution >= 0.6 is 0 Å². The average molecular weight is 289 g/mol. The number of carbonyl (C=O) groups is 1. The first kappa shape index (κ1) is 17.7. The van der Waals surface area contributed by atoms with Gasteiger partial charge in [-0.3, -0.25) is 4.79 Å².